The second-order valence-electron chi connectivity index (χ2n) is 16.0. The number of allylic oxidation sites excluding steroid dienone is 16. The molecule has 0 aromatic heterocycles. The second-order valence-corrected chi connectivity index (χ2v) is 16.0. The van der Waals surface area contributed by atoms with Crippen LogP contribution in [-0.2, 0) is 6.42 Å². The summed E-state index contributed by atoms with van der Waals surface area (Å²) < 4.78 is 0. The first-order valence-electron chi connectivity index (χ1n) is 20.4. The molecule has 2 aromatic carbocycles. The topological polar surface area (TPSA) is 40.5 Å². The summed E-state index contributed by atoms with van der Waals surface area (Å²) in [7, 11) is 0. The van der Waals surface area contributed by atoms with E-state index in [0.717, 1.165) is 81.8 Å². The highest BCUT2D eigenvalue weighted by Gasteiger charge is 2.14. The monoisotopic (exact) mass is 719 g/mol. The maximum Gasteiger partial charge on any atom is 0.127 e. The highest BCUT2D eigenvalue weighted by molar-refractivity contribution is 5.95. The van der Waals surface area contributed by atoms with E-state index in [1.165, 1.54) is 63.8 Å². The van der Waals surface area contributed by atoms with Crippen LogP contribution in [0.5, 0.6) is 11.5 Å². The summed E-state index contributed by atoms with van der Waals surface area (Å²) in [4.78, 5) is 0. The quantitative estimate of drug-likeness (QED) is 0.0887. The minimum absolute atomic E-state index is 0.267. The Morgan fingerprint density at radius 3 is 1.02 bits per heavy atom. The van der Waals surface area contributed by atoms with E-state index in [9.17, 15) is 10.2 Å². The molecule has 0 amide bonds. The van der Waals surface area contributed by atoms with Crippen molar-refractivity contribution in [3.05, 3.63) is 129 Å². The van der Waals surface area contributed by atoms with Crippen LogP contribution in [0.15, 0.2) is 117 Å². The van der Waals surface area contributed by atoms with Gasteiger partial charge in [0, 0.05) is 16.3 Å². The Morgan fingerprint density at radius 1 is 0.415 bits per heavy atom. The number of hydrogen-bond donors (Lipinski definition) is 2. The normalized spacial score (nSPS) is 14.0. The molecule has 0 bridgehead atoms. The van der Waals surface area contributed by atoms with Crippen molar-refractivity contribution in [1.82, 2.24) is 0 Å². The molecule has 2 rings (SSSR count). The molecule has 2 nitrogen and oxygen atoms in total. The van der Waals surface area contributed by atoms with Gasteiger partial charge in [0.2, 0.25) is 0 Å². The van der Waals surface area contributed by atoms with Crippen LogP contribution in [0.2, 0.25) is 0 Å². The van der Waals surface area contributed by atoms with Gasteiger partial charge in [0.15, 0.2) is 0 Å². The van der Waals surface area contributed by atoms with Crippen LogP contribution in [0.1, 0.15) is 163 Å². The van der Waals surface area contributed by atoms with Crippen LogP contribution < -0.4 is 0 Å². The molecule has 0 aliphatic heterocycles. The number of aromatic hydroxyl groups is 2. The molecule has 2 aromatic rings. The lowest BCUT2D eigenvalue weighted by molar-refractivity contribution is 0.461. The summed E-state index contributed by atoms with van der Waals surface area (Å²) >= 11 is 0. The molecule has 2 heteroatoms. The summed E-state index contributed by atoms with van der Waals surface area (Å²) in [6, 6.07) is 7.50. The first-order valence-corrected chi connectivity index (χ1v) is 20.4. The molecule has 0 radical (unpaired) electrons. The minimum atomic E-state index is 0.267. The Balaban J connectivity index is 1.64. The molecule has 0 fully saturated rings. The van der Waals surface area contributed by atoms with Gasteiger partial charge in [0.25, 0.3) is 0 Å². The van der Waals surface area contributed by atoms with Crippen molar-refractivity contribution in [1.29, 1.82) is 0 Å². The predicted molar refractivity (Wildman–Crippen MR) is 236 cm³/mol. The average Bonchev–Trinajstić information content (AvgIpc) is 3.10. The van der Waals surface area contributed by atoms with Crippen molar-refractivity contribution in [2.45, 2.75) is 166 Å². The standard InChI is InChI=1S/C51H74O2/c1-38(2)20-13-21-39(3)22-14-23-40(4)24-15-25-41(5)26-16-27-42(6)28-17-29-43(7)30-18-31-44(8)32-19-33-45(9)36-37-47-46(10)50(52)48-34-11-12-35-49(48)51(47)53/h11-12,20,22,24,26,28,30,32,34-36,52-53H,13-19,21,23,25,27,29,31,33,37H2,1-10H3/b39-22-,40-24+,41-26+,42-28+,43-30+,44-32+,45-36-. The molecular formula is C51H74O2. The molecule has 0 atom stereocenters. The van der Waals surface area contributed by atoms with E-state index in [1.54, 1.807) is 0 Å². The number of fused-ring (bicyclic) bond motifs is 1. The number of phenols is 2. The Bertz CT molecular complexity index is 1690. The SMILES string of the molecule is CC(C)=CCC/C(C)=C\CC/C(C)=C/CC/C(C)=C/CC/C(C)=C/CC/C(C)=C/CC/C(C)=C/CC/C(C)=C\Cc1c(C)c(O)c2ccccc2c1O. The van der Waals surface area contributed by atoms with Crippen LogP contribution in [0, 0.1) is 6.92 Å². The number of phenolic OH excluding ortho intramolecular Hbond substituents is 2. The van der Waals surface area contributed by atoms with Gasteiger partial charge in [0.05, 0.1) is 0 Å². The Kier molecular flexibility index (Phi) is 21.6. The summed E-state index contributed by atoms with van der Waals surface area (Å²) in [6.07, 6.45) is 35.5. The van der Waals surface area contributed by atoms with E-state index in [-0.39, 0.29) is 11.5 Å². The van der Waals surface area contributed by atoms with Crippen molar-refractivity contribution in [2.75, 3.05) is 0 Å². The Hall–Kier alpha value is -3.78. The molecule has 0 spiro atoms. The van der Waals surface area contributed by atoms with E-state index in [2.05, 4.69) is 111 Å². The molecule has 0 unspecified atom stereocenters. The fourth-order valence-electron chi connectivity index (χ4n) is 6.69. The van der Waals surface area contributed by atoms with Gasteiger partial charge in [0.1, 0.15) is 11.5 Å². The van der Waals surface area contributed by atoms with Gasteiger partial charge in [-0.1, -0.05) is 117 Å². The van der Waals surface area contributed by atoms with Crippen molar-refractivity contribution < 1.29 is 10.2 Å². The lowest BCUT2D eigenvalue weighted by Crippen LogP contribution is -1.92. The Labute approximate surface area is 325 Å². The molecule has 290 valence electrons. The van der Waals surface area contributed by atoms with Gasteiger partial charge in [-0.3, -0.25) is 0 Å². The molecule has 2 N–H and O–H groups in total. The number of benzene rings is 2. The third-order valence-corrected chi connectivity index (χ3v) is 10.5. The van der Waals surface area contributed by atoms with Crippen LogP contribution in [-0.4, -0.2) is 10.2 Å². The molecule has 0 heterocycles. The van der Waals surface area contributed by atoms with Gasteiger partial charge < -0.3 is 10.2 Å². The van der Waals surface area contributed by atoms with E-state index < -0.39 is 0 Å². The van der Waals surface area contributed by atoms with Crippen molar-refractivity contribution in [3.63, 3.8) is 0 Å². The van der Waals surface area contributed by atoms with Crippen LogP contribution in [0.4, 0.5) is 0 Å². The summed E-state index contributed by atoms with van der Waals surface area (Å²) in [6.45, 7) is 22.1. The zero-order valence-electron chi connectivity index (χ0n) is 35.4. The second kappa shape index (κ2) is 25.3. The third-order valence-electron chi connectivity index (χ3n) is 10.5. The van der Waals surface area contributed by atoms with Crippen molar-refractivity contribution in [2.24, 2.45) is 0 Å². The third kappa shape index (κ3) is 18.7. The highest BCUT2D eigenvalue weighted by Crippen LogP contribution is 2.39. The van der Waals surface area contributed by atoms with Crippen LogP contribution in [0.25, 0.3) is 10.8 Å². The molecule has 0 aliphatic carbocycles. The lowest BCUT2D eigenvalue weighted by Gasteiger charge is -2.13. The summed E-state index contributed by atoms with van der Waals surface area (Å²) in [5.74, 6) is 0.549. The zero-order valence-corrected chi connectivity index (χ0v) is 35.4. The largest absolute Gasteiger partial charge is 0.507 e. The van der Waals surface area contributed by atoms with E-state index >= 15 is 0 Å². The zero-order chi connectivity index (χ0) is 39.2. The van der Waals surface area contributed by atoms with Gasteiger partial charge in [-0.15, -0.1) is 0 Å². The Morgan fingerprint density at radius 2 is 0.698 bits per heavy atom. The minimum Gasteiger partial charge on any atom is -0.507 e. The molecule has 53 heavy (non-hydrogen) atoms. The van der Waals surface area contributed by atoms with Crippen LogP contribution >= 0.6 is 0 Å². The van der Waals surface area contributed by atoms with Crippen molar-refractivity contribution >= 4 is 10.8 Å². The molecule has 0 aliphatic rings. The number of rotatable bonds is 23. The van der Waals surface area contributed by atoms with Crippen molar-refractivity contribution in [3.8, 4) is 11.5 Å². The van der Waals surface area contributed by atoms with Gasteiger partial charge in [-0.2, -0.15) is 0 Å². The maximum atomic E-state index is 10.9. The maximum absolute atomic E-state index is 10.9. The smallest absolute Gasteiger partial charge is 0.127 e. The number of hydrogen-bond acceptors (Lipinski definition) is 2. The van der Waals surface area contributed by atoms with E-state index in [1.807, 2.05) is 31.2 Å². The first kappa shape index (κ1) is 45.4. The van der Waals surface area contributed by atoms with E-state index in [4.69, 9.17) is 0 Å². The highest BCUT2D eigenvalue weighted by atomic mass is 16.3. The van der Waals surface area contributed by atoms with Gasteiger partial charge >= 0.3 is 0 Å². The lowest BCUT2D eigenvalue weighted by atomic mass is 9.95. The molecule has 0 saturated carbocycles. The fourth-order valence-corrected chi connectivity index (χ4v) is 6.69. The summed E-state index contributed by atoms with van der Waals surface area (Å²) in [5, 5.41) is 23.0. The average molecular weight is 719 g/mol. The first-order chi connectivity index (χ1) is 25.3. The molecular weight excluding hydrogens is 645 g/mol. The fraction of sp³-hybridized carbons (Fsp3) is 0.490. The molecule has 0 saturated heterocycles. The van der Waals surface area contributed by atoms with Gasteiger partial charge in [-0.05, 0) is 171 Å². The van der Waals surface area contributed by atoms with E-state index in [0.29, 0.717) is 17.2 Å². The summed E-state index contributed by atoms with van der Waals surface area (Å²) in [5.41, 5.74) is 13.3. The van der Waals surface area contributed by atoms with Gasteiger partial charge in [-0.25, -0.2) is 0 Å². The van der Waals surface area contributed by atoms with Crippen LogP contribution in [0.3, 0.4) is 0 Å². The predicted octanol–water partition coefficient (Wildman–Crippen LogP) is 16.2.